The number of hydrogen-bond acceptors (Lipinski definition) is 4. The monoisotopic (exact) mass is 425 g/mol. The van der Waals surface area contributed by atoms with Gasteiger partial charge in [0.15, 0.2) is 0 Å². The fraction of sp³-hybridized carbons (Fsp3) is 0.348. The van der Waals surface area contributed by atoms with E-state index in [1.807, 2.05) is 17.9 Å². The molecule has 2 fully saturated rings. The molecule has 1 saturated heterocycles. The summed E-state index contributed by atoms with van der Waals surface area (Å²) in [4.78, 5) is 39.9. The molecule has 1 aliphatic carbocycles. The summed E-state index contributed by atoms with van der Waals surface area (Å²) in [5, 5.41) is 9.44. The highest BCUT2D eigenvalue weighted by molar-refractivity contribution is 5.93. The molecule has 31 heavy (non-hydrogen) atoms. The summed E-state index contributed by atoms with van der Waals surface area (Å²) in [5.41, 5.74) is -0.111. The minimum Gasteiger partial charge on any atom is -0.477 e. The number of anilines is 1. The van der Waals surface area contributed by atoms with Gasteiger partial charge in [0.1, 0.15) is 11.4 Å². The van der Waals surface area contributed by atoms with E-state index in [0.29, 0.717) is 37.4 Å². The number of piperazine rings is 1. The molecule has 7 nitrogen and oxygen atoms in total. The Morgan fingerprint density at radius 3 is 2.45 bits per heavy atom. The Morgan fingerprint density at radius 2 is 1.84 bits per heavy atom. The maximum absolute atomic E-state index is 15.0. The number of nitrogens with zero attached hydrogens (tertiary/aromatic N) is 3. The van der Waals surface area contributed by atoms with Crippen LogP contribution in [-0.2, 0) is 4.79 Å². The molecule has 0 atom stereocenters. The number of carboxylic acid groups (broad SMARTS) is 1. The van der Waals surface area contributed by atoms with Crippen molar-refractivity contribution in [3.05, 3.63) is 64.2 Å². The highest BCUT2D eigenvalue weighted by Crippen LogP contribution is 2.38. The average molecular weight is 425 g/mol. The lowest BCUT2D eigenvalue weighted by Gasteiger charge is -2.36. The Bertz CT molecular complexity index is 1160. The first-order valence-electron chi connectivity index (χ1n) is 10.4. The number of carbonyl (C=O) groups excluding carboxylic acids is 1. The summed E-state index contributed by atoms with van der Waals surface area (Å²) >= 11 is 0. The number of amides is 1. The van der Waals surface area contributed by atoms with Crippen LogP contribution in [0.3, 0.4) is 0 Å². The van der Waals surface area contributed by atoms with Crippen LogP contribution in [0.1, 0.15) is 36.2 Å². The number of aromatic carboxylic acids is 1. The van der Waals surface area contributed by atoms with Crippen LogP contribution in [-0.4, -0.2) is 52.6 Å². The van der Waals surface area contributed by atoms with E-state index in [0.717, 1.165) is 18.9 Å². The van der Waals surface area contributed by atoms with Gasteiger partial charge in [-0.15, -0.1) is 0 Å². The fourth-order valence-corrected chi connectivity index (χ4v) is 3.93. The lowest BCUT2D eigenvalue weighted by molar-refractivity contribution is -0.126. The van der Waals surface area contributed by atoms with Gasteiger partial charge < -0.3 is 19.5 Å². The van der Waals surface area contributed by atoms with Crippen LogP contribution in [0.2, 0.25) is 0 Å². The number of benzene rings is 1. The van der Waals surface area contributed by atoms with Crippen molar-refractivity contribution in [1.29, 1.82) is 0 Å². The Kier molecular flexibility index (Phi) is 5.63. The largest absolute Gasteiger partial charge is 0.477 e. The maximum Gasteiger partial charge on any atom is 0.341 e. The van der Waals surface area contributed by atoms with Gasteiger partial charge >= 0.3 is 5.97 Å². The van der Waals surface area contributed by atoms with Crippen LogP contribution in [0.25, 0.3) is 10.9 Å². The second kappa shape index (κ2) is 8.37. The van der Waals surface area contributed by atoms with E-state index in [4.69, 9.17) is 0 Å². The fourth-order valence-electron chi connectivity index (χ4n) is 3.93. The Hall–Kier alpha value is -3.42. The molecule has 0 bridgehead atoms. The molecule has 1 aliphatic heterocycles. The van der Waals surface area contributed by atoms with Crippen molar-refractivity contribution < 1.29 is 19.1 Å². The molecule has 0 unspecified atom stereocenters. The summed E-state index contributed by atoms with van der Waals surface area (Å²) in [6.45, 7) is 3.73. The highest BCUT2D eigenvalue weighted by Gasteiger charge is 2.28. The number of rotatable bonds is 5. The van der Waals surface area contributed by atoms with Gasteiger partial charge in [0.25, 0.3) is 0 Å². The molecule has 8 heteroatoms. The van der Waals surface area contributed by atoms with Crippen molar-refractivity contribution >= 4 is 28.5 Å². The number of halogens is 1. The van der Waals surface area contributed by atoms with Crippen molar-refractivity contribution in [3.63, 3.8) is 0 Å². The molecule has 1 N–H and O–H groups in total. The van der Waals surface area contributed by atoms with Gasteiger partial charge in [-0.1, -0.05) is 18.2 Å². The molecule has 4 rings (SSSR count). The first-order valence-corrected chi connectivity index (χ1v) is 10.4. The molecule has 1 amide bonds. The van der Waals surface area contributed by atoms with E-state index in [2.05, 4.69) is 0 Å². The summed E-state index contributed by atoms with van der Waals surface area (Å²) in [5.74, 6) is -1.96. The number of carboxylic acids is 1. The molecule has 162 valence electrons. The molecule has 1 aromatic carbocycles. The van der Waals surface area contributed by atoms with Gasteiger partial charge in [0, 0.05) is 49.9 Å². The minimum atomic E-state index is -1.31. The van der Waals surface area contributed by atoms with Crippen LogP contribution >= 0.6 is 0 Å². The zero-order valence-electron chi connectivity index (χ0n) is 17.3. The number of hydrogen-bond donors (Lipinski definition) is 1. The summed E-state index contributed by atoms with van der Waals surface area (Å²) in [7, 11) is 0. The van der Waals surface area contributed by atoms with Gasteiger partial charge in [-0.05, 0) is 31.9 Å². The summed E-state index contributed by atoms with van der Waals surface area (Å²) in [6, 6.07) is 2.91. The second-order valence-electron chi connectivity index (χ2n) is 7.83. The third-order valence-corrected chi connectivity index (χ3v) is 5.75. The SMILES string of the molecule is C/C=C/C=C/C(=O)N1CCN(c2cc3c(cc2F)c(=O)c(C(=O)O)cn3C2CC2)CC1. The molecular formula is C23H24FN3O4. The van der Waals surface area contributed by atoms with Crippen molar-refractivity contribution in [2.75, 3.05) is 31.1 Å². The quantitative estimate of drug-likeness (QED) is 0.588. The van der Waals surface area contributed by atoms with Crippen LogP contribution in [0, 0.1) is 5.82 Å². The van der Waals surface area contributed by atoms with Crippen molar-refractivity contribution in [2.24, 2.45) is 0 Å². The lowest BCUT2D eigenvalue weighted by atomic mass is 10.1. The van der Waals surface area contributed by atoms with Gasteiger partial charge in [0.05, 0.1) is 11.2 Å². The van der Waals surface area contributed by atoms with Crippen LogP contribution < -0.4 is 10.3 Å². The molecule has 0 spiro atoms. The first kappa shape index (κ1) is 20.8. The average Bonchev–Trinajstić information content (AvgIpc) is 3.59. The Labute approximate surface area is 178 Å². The van der Waals surface area contributed by atoms with E-state index < -0.39 is 17.2 Å². The molecule has 1 aromatic heterocycles. The van der Waals surface area contributed by atoms with E-state index >= 15 is 0 Å². The maximum atomic E-state index is 15.0. The topological polar surface area (TPSA) is 82.8 Å². The van der Waals surface area contributed by atoms with Gasteiger partial charge in [0.2, 0.25) is 11.3 Å². The van der Waals surface area contributed by atoms with Crippen LogP contribution in [0.5, 0.6) is 0 Å². The Balaban J connectivity index is 1.64. The number of carbonyl (C=O) groups is 2. The number of aromatic nitrogens is 1. The van der Waals surface area contributed by atoms with E-state index in [1.165, 1.54) is 12.3 Å². The second-order valence-corrected chi connectivity index (χ2v) is 7.83. The summed E-state index contributed by atoms with van der Waals surface area (Å²) < 4.78 is 16.8. The van der Waals surface area contributed by atoms with Crippen LogP contribution in [0.15, 0.2) is 47.4 Å². The minimum absolute atomic E-state index is 0.0796. The zero-order valence-corrected chi connectivity index (χ0v) is 17.3. The predicted octanol–water partition coefficient (Wildman–Crippen LogP) is 2.95. The van der Waals surface area contributed by atoms with E-state index in [9.17, 15) is 23.9 Å². The molecule has 0 radical (unpaired) electrons. The molecular weight excluding hydrogens is 401 g/mol. The number of fused-ring (bicyclic) bond motifs is 1. The standard InChI is InChI=1S/C23H24FN3O4/c1-2-3-4-5-21(28)26-10-8-25(9-11-26)20-13-19-16(12-18(20)24)22(29)17(23(30)31)14-27(19)15-6-7-15/h2-5,12-15H,6-11H2,1H3,(H,30,31)/b3-2+,5-4+. The van der Waals surface area contributed by atoms with Crippen molar-refractivity contribution in [1.82, 2.24) is 9.47 Å². The third kappa shape index (κ3) is 4.10. The first-order chi connectivity index (χ1) is 14.9. The van der Waals surface area contributed by atoms with Gasteiger partial charge in [-0.2, -0.15) is 0 Å². The molecule has 2 aliphatic rings. The van der Waals surface area contributed by atoms with Crippen molar-refractivity contribution in [2.45, 2.75) is 25.8 Å². The Morgan fingerprint density at radius 1 is 1.13 bits per heavy atom. The molecule has 2 aromatic rings. The summed E-state index contributed by atoms with van der Waals surface area (Å²) in [6.07, 6.45) is 10.00. The predicted molar refractivity (Wildman–Crippen MR) is 116 cm³/mol. The highest BCUT2D eigenvalue weighted by atomic mass is 19.1. The zero-order chi connectivity index (χ0) is 22.1. The van der Waals surface area contributed by atoms with Gasteiger partial charge in [-0.3, -0.25) is 9.59 Å². The van der Waals surface area contributed by atoms with Crippen molar-refractivity contribution in [3.8, 4) is 0 Å². The number of allylic oxidation sites excluding steroid dienone is 3. The lowest BCUT2D eigenvalue weighted by Crippen LogP contribution is -2.48. The van der Waals surface area contributed by atoms with Gasteiger partial charge in [-0.25, -0.2) is 9.18 Å². The van der Waals surface area contributed by atoms with E-state index in [-0.39, 0.29) is 22.9 Å². The van der Waals surface area contributed by atoms with Crippen LogP contribution in [0.4, 0.5) is 10.1 Å². The smallest absolute Gasteiger partial charge is 0.341 e. The normalized spacial score (nSPS) is 17.2. The molecule has 1 saturated carbocycles. The van der Waals surface area contributed by atoms with E-state index in [1.54, 1.807) is 27.7 Å². The molecule has 2 heterocycles. The third-order valence-electron chi connectivity index (χ3n) is 5.75. The number of pyridine rings is 1.